The maximum atomic E-state index is 10.7. The summed E-state index contributed by atoms with van der Waals surface area (Å²) >= 11 is 0. The van der Waals surface area contributed by atoms with Crippen LogP contribution in [0.4, 0.5) is 0 Å². The van der Waals surface area contributed by atoms with Crippen LogP contribution in [-0.2, 0) is 11.3 Å². The molecule has 2 atom stereocenters. The van der Waals surface area contributed by atoms with Gasteiger partial charge in [0.05, 0.1) is 6.42 Å². The Morgan fingerprint density at radius 1 is 1.67 bits per heavy atom. The molecule has 1 aromatic heterocycles. The van der Waals surface area contributed by atoms with Crippen molar-refractivity contribution in [3.8, 4) is 0 Å². The standard InChI is InChI=1S/C13H19N3O2/c1-10-6-15-12(5-13(17)18)9-16(10)8-11-3-2-4-14-7-11/h2-4,7,10,12,15H,5-6,8-9H2,1H3,(H,17,18). The Morgan fingerprint density at radius 3 is 3.17 bits per heavy atom. The molecule has 2 rings (SSSR count). The summed E-state index contributed by atoms with van der Waals surface area (Å²) in [6, 6.07) is 4.43. The van der Waals surface area contributed by atoms with Gasteiger partial charge in [-0.1, -0.05) is 6.07 Å². The lowest BCUT2D eigenvalue weighted by molar-refractivity contribution is -0.138. The number of nitrogens with one attached hydrogen (secondary N) is 1. The Bertz CT molecular complexity index is 396. The zero-order chi connectivity index (χ0) is 13.0. The molecule has 2 N–H and O–H groups in total. The van der Waals surface area contributed by atoms with Crippen molar-refractivity contribution in [3.63, 3.8) is 0 Å². The minimum Gasteiger partial charge on any atom is -0.481 e. The van der Waals surface area contributed by atoms with E-state index in [0.29, 0.717) is 6.04 Å². The van der Waals surface area contributed by atoms with Gasteiger partial charge in [0.25, 0.3) is 0 Å². The van der Waals surface area contributed by atoms with Gasteiger partial charge in [-0.25, -0.2) is 0 Å². The first-order valence-electron chi connectivity index (χ1n) is 6.23. The minimum absolute atomic E-state index is 0.0374. The normalized spacial score (nSPS) is 24.9. The van der Waals surface area contributed by atoms with E-state index in [0.717, 1.165) is 19.6 Å². The Morgan fingerprint density at radius 2 is 2.50 bits per heavy atom. The second-order valence-corrected chi connectivity index (χ2v) is 4.84. The Kier molecular flexibility index (Phi) is 4.28. The third kappa shape index (κ3) is 3.51. The number of hydrogen-bond donors (Lipinski definition) is 2. The molecule has 0 radical (unpaired) electrons. The van der Waals surface area contributed by atoms with Gasteiger partial charge in [0, 0.05) is 44.1 Å². The van der Waals surface area contributed by atoms with Crippen molar-refractivity contribution in [2.45, 2.75) is 32.0 Å². The molecule has 18 heavy (non-hydrogen) atoms. The molecule has 2 unspecified atom stereocenters. The summed E-state index contributed by atoms with van der Waals surface area (Å²) in [4.78, 5) is 17.2. The average molecular weight is 249 g/mol. The largest absolute Gasteiger partial charge is 0.481 e. The summed E-state index contributed by atoms with van der Waals surface area (Å²) in [5.41, 5.74) is 1.17. The fraction of sp³-hybridized carbons (Fsp3) is 0.538. The van der Waals surface area contributed by atoms with Crippen molar-refractivity contribution in [2.24, 2.45) is 0 Å². The second-order valence-electron chi connectivity index (χ2n) is 4.84. The first-order valence-corrected chi connectivity index (χ1v) is 6.23. The lowest BCUT2D eigenvalue weighted by atomic mass is 10.1. The van der Waals surface area contributed by atoms with E-state index in [1.807, 2.05) is 18.3 Å². The number of aromatic nitrogens is 1. The van der Waals surface area contributed by atoms with E-state index >= 15 is 0 Å². The molecular formula is C13H19N3O2. The molecule has 0 aliphatic carbocycles. The molecule has 1 aromatic rings. The zero-order valence-corrected chi connectivity index (χ0v) is 10.5. The van der Waals surface area contributed by atoms with Crippen molar-refractivity contribution < 1.29 is 9.90 Å². The van der Waals surface area contributed by atoms with Gasteiger partial charge in [0.15, 0.2) is 0 Å². The molecule has 5 nitrogen and oxygen atoms in total. The molecule has 98 valence electrons. The zero-order valence-electron chi connectivity index (χ0n) is 10.5. The molecule has 1 saturated heterocycles. The highest BCUT2D eigenvalue weighted by Gasteiger charge is 2.26. The number of carboxylic acids is 1. The van der Waals surface area contributed by atoms with Crippen LogP contribution in [0.3, 0.4) is 0 Å². The fourth-order valence-corrected chi connectivity index (χ4v) is 2.29. The number of carbonyl (C=O) groups is 1. The SMILES string of the molecule is CC1CNC(CC(=O)O)CN1Cc1cccnc1. The maximum Gasteiger partial charge on any atom is 0.304 e. The average Bonchev–Trinajstić information content (AvgIpc) is 2.34. The molecule has 1 aliphatic rings. The Hall–Kier alpha value is -1.46. The van der Waals surface area contributed by atoms with E-state index in [4.69, 9.17) is 5.11 Å². The van der Waals surface area contributed by atoms with Crippen LogP contribution in [0, 0.1) is 0 Å². The molecular weight excluding hydrogens is 230 g/mol. The quantitative estimate of drug-likeness (QED) is 0.823. The second kappa shape index (κ2) is 5.93. The summed E-state index contributed by atoms with van der Waals surface area (Å²) in [7, 11) is 0. The van der Waals surface area contributed by atoms with Crippen LogP contribution in [0.2, 0.25) is 0 Å². The summed E-state index contributed by atoms with van der Waals surface area (Å²) in [5, 5.41) is 12.1. The van der Waals surface area contributed by atoms with Crippen molar-refractivity contribution >= 4 is 5.97 Å². The predicted octanol–water partition coefficient (Wildman–Crippen LogP) is 0.719. The van der Waals surface area contributed by atoms with Crippen LogP contribution in [-0.4, -0.2) is 46.1 Å². The number of hydrogen-bond acceptors (Lipinski definition) is 4. The first-order chi connectivity index (χ1) is 8.65. The van der Waals surface area contributed by atoms with Gasteiger partial charge in [0.2, 0.25) is 0 Å². The molecule has 0 saturated carbocycles. The lowest BCUT2D eigenvalue weighted by Crippen LogP contribution is -2.55. The van der Waals surface area contributed by atoms with E-state index in [9.17, 15) is 4.79 Å². The predicted molar refractivity (Wildman–Crippen MR) is 68.2 cm³/mol. The summed E-state index contributed by atoms with van der Waals surface area (Å²) in [6.45, 7) is 4.58. The molecule has 1 aliphatic heterocycles. The number of pyridine rings is 1. The third-order valence-electron chi connectivity index (χ3n) is 3.31. The summed E-state index contributed by atoms with van der Waals surface area (Å²) in [6.07, 6.45) is 3.80. The molecule has 0 aromatic carbocycles. The topological polar surface area (TPSA) is 65.5 Å². The highest BCUT2D eigenvalue weighted by atomic mass is 16.4. The molecule has 0 amide bonds. The third-order valence-corrected chi connectivity index (χ3v) is 3.31. The van der Waals surface area contributed by atoms with Crippen molar-refractivity contribution in [1.82, 2.24) is 15.2 Å². The first kappa shape index (κ1) is 13.0. The van der Waals surface area contributed by atoms with Gasteiger partial charge in [-0.15, -0.1) is 0 Å². The summed E-state index contributed by atoms with van der Waals surface area (Å²) in [5.74, 6) is -0.747. The van der Waals surface area contributed by atoms with Crippen LogP contribution in [0.15, 0.2) is 24.5 Å². The van der Waals surface area contributed by atoms with Crippen LogP contribution >= 0.6 is 0 Å². The lowest BCUT2D eigenvalue weighted by Gasteiger charge is -2.38. The van der Waals surface area contributed by atoms with E-state index in [2.05, 4.69) is 22.1 Å². The summed E-state index contributed by atoms with van der Waals surface area (Å²) < 4.78 is 0. The number of nitrogens with zero attached hydrogens (tertiary/aromatic N) is 2. The molecule has 2 heterocycles. The van der Waals surface area contributed by atoms with Gasteiger partial charge in [-0.2, -0.15) is 0 Å². The molecule has 0 spiro atoms. The number of aliphatic carboxylic acids is 1. The highest BCUT2D eigenvalue weighted by Crippen LogP contribution is 2.13. The van der Waals surface area contributed by atoms with Crippen molar-refractivity contribution in [3.05, 3.63) is 30.1 Å². The molecule has 5 heteroatoms. The van der Waals surface area contributed by atoms with Gasteiger partial charge >= 0.3 is 5.97 Å². The number of rotatable bonds is 4. The van der Waals surface area contributed by atoms with Crippen molar-refractivity contribution in [1.29, 1.82) is 0 Å². The van der Waals surface area contributed by atoms with Crippen LogP contribution in [0.25, 0.3) is 0 Å². The van der Waals surface area contributed by atoms with E-state index in [1.54, 1.807) is 6.20 Å². The highest BCUT2D eigenvalue weighted by molar-refractivity contribution is 5.67. The maximum absolute atomic E-state index is 10.7. The van der Waals surface area contributed by atoms with Gasteiger partial charge in [-0.05, 0) is 18.6 Å². The fourth-order valence-electron chi connectivity index (χ4n) is 2.29. The van der Waals surface area contributed by atoms with Gasteiger partial charge in [0.1, 0.15) is 0 Å². The van der Waals surface area contributed by atoms with Crippen LogP contribution < -0.4 is 5.32 Å². The Labute approximate surface area is 107 Å². The van der Waals surface area contributed by atoms with E-state index in [-0.39, 0.29) is 12.5 Å². The van der Waals surface area contributed by atoms with Gasteiger partial charge in [-0.3, -0.25) is 14.7 Å². The number of piperazine rings is 1. The van der Waals surface area contributed by atoms with E-state index in [1.165, 1.54) is 5.56 Å². The monoisotopic (exact) mass is 249 g/mol. The molecule has 1 fully saturated rings. The van der Waals surface area contributed by atoms with Crippen molar-refractivity contribution in [2.75, 3.05) is 13.1 Å². The number of carboxylic acid groups (broad SMARTS) is 1. The molecule has 0 bridgehead atoms. The van der Waals surface area contributed by atoms with Gasteiger partial charge < -0.3 is 10.4 Å². The van der Waals surface area contributed by atoms with E-state index < -0.39 is 5.97 Å². The smallest absolute Gasteiger partial charge is 0.304 e. The van der Waals surface area contributed by atoms with Crippen LogP contribution in [0.5, 0.6) is 0 Å². The van der Waals surface area contributed by atoms with Crippen LogP contribution in [0.1, 0.15) is 18.9 Å². The minimum atomic E-state index is -0.747. The Balaban J connectivity index is 1.95.